The first-order valence-corrected chi connectivity index (χ1v) is 13.0. The lowest BCUT2D eigenvalue weighted by Gasteiger charge is -2.33. The number of halogens is 1. The van der Waals surface area contributed by atoms with Gasteiger partial charge in [-0.3, -0.25) is 0 Å². The van der Waals surface area contributed by atoms with Gasteiger partial charge in [-0.1, -0.05) is 57.9 Å². The fraction of sp³-hybridized carbons (Fsp3) is 0.417. The van der Waals surface area contributed by atoms with Crippen molar-refractivity contribution in [1.82, 2.24) is 0 Å². The molecular formula is C24H31IOS. The summed E-state index contributed by atoms with van der Waals surface area (Å²) in [5.74, 6) is 3.59. The molecule has 146 valence electrons. The first-order chi connectivity index (χ1) is 13.0. The molecule has 0 aromatic heterocycles. The van der Waals surface area contributed by atoms with Crippen molar-refractivity contribution in [2.45, 2.75) is 66.2 Å². The van der Waals surface area contributed by atoms with E-state index in [1.807, 2.05) is 32.9 Å². The fourth-order valence-electron chi connectivity index (χ4n) is 3.44. The van der Waals surface area contributed by atoms with Crippen LogP contribution in [0, 0.1) is 25.0 Å². The number of benzene rings is 2. The molecule has 0 heterocycles. The van der Waals surface area contributed by atoms with E-state index in [4.69, 9.17) is 0 Å². The number of hydrogen-bond acceptors (Lipinski definition) is 2. The van der Waals surface area contributed by atoms with E-state index in [1.54, 1.807) is 0 Å². The molecule has 0 radical (unpaired) electrons. The van der Waals surface area contributed by atoms with Gasteiger partial charge >= 0.3 is 0 Å². The molecule has 0 aliphatic carbocycles. The maximum Gasteiger partial charge on any atom is 0.118 e. The molecule has 0 bridgehead atoms. The van der Waals surface area contributed by atoms with E-state index in [2.05, 4.69) is 77.4 Å². The second-order valence-corrected chi connectivity index (χ2v) is 8.30. The summed E-state index contributed by atoms with van der Waals surface area (Å²) in [6.45, 7) is 12.6. The minimum atomic E-state index is 0.109. The maximum atomic E-state index is 9.80. The molecule has 1 N–H and O–H groups in total. The summed E-state index contributed by atoms with van der Waals surface area (Å²) in [7, 11) is 1.52. The van der Waals surface area contributed by atoms with E-state index >= 15 is 0 Å². The van der Waals surface area contributed by atoms with Gasteiger partial charge in [-0.2, -0.15) is 0 Å². The van der Waals surface area contributed by atoms with Crippen molar-refractivity contribution in [3.8, 4) is 16.9 Å². The smallest absolute Gasteiger partial charge is 0.118 e. The summed E-state index contributed by atoms with van der Waals surface area (Å²) in [6, 6.07) is 12.7. The van der Waals surface area contributed by atoms with Crippen LogP contribution in [0.4, 0.5) is 0 Å². The lowest BCUT2D eigenvalue weighted by Crippen LogP contribution is -2.27. The number of phenolic OH excluding ortho intramolecular Hbond substituents is 1. The quantitative estimate of drug-likeness (QED) is 0.339. The molecule has 2 aromatic carbocycles. The van der Waals surface area contributed by atoms with E-state index in [0.29, 0.717) is 5.75 Å². The van der Waals surface area contributed by atoms with E-state index < -0.39 is 0 Å². The largest absolute Gasteiger partial charge is 0.508 e. The topological polar surface area (TPSA) is 20.2 Å². The highest BCUT2D eigenvalue weighted by atomic mass is 127. The third kappa shape index (κ3) is 6.19. The van der Waals surface area contributed by atoms with Gasteiger partial charge in [0.2, 0.25) is 0 Å². The summed E-state index contributed by atoms with van der Waals surface area (Å²) in [5, 5.41) is 12.9. The van der Waals surface area contributed by atoms with Gasteiger partial charge in [0.25, 0.3) is 0 Å². The number of aromatic hydroxyl groups is 1. The van der Waals surface area contributed by atoms with Crippen LogP contribution in [-0.2, 0) is 11.8 Å². The fourth-order valence-corrected chi connectivity index (χ4v) is 3.92. The first-order valence-electron chi connectivity index (χ1n) is 9.64. The SMILES string of the molecule is CC.CCC(CC)(Cc1ccc(O)c(C)c1)c1ccc(C#CSI)c(C)c1. The summed E-state index contributed by atoms with van der Waals surface area (Å²) in [4.78, 5) is 0. The minimum Gasteiger partial charge on any atom is -0.508 e. The number of phenols is 1. The summed E-state index contributed by atoms with van der Waals surface area (Å²) in [5.41, 5.74) is 6.06. The molecule has 0 unspecified atom stereocenters. The lowest BCUT2D eigenvalue weighted by atomic mass is 9.71. The Hall–Kier alpha value is -1.12. The van der Waals surface area contributed by atoms with E-state index in [1.165, 1.54) is 25.6 Å². The van der Waals surface area contributed by atoms with Crippen molar-refractivity contribution in [3.63, 3.8) is 0 Å². The Kier molecular flexibility index (Phi) is 10.3. The zero-order chi connectivity index (χ0) is 20.4. The van der Waals surface area contributed by atoms with Gasteiger partial charge in [0.15, 0.2) is 0 Å². The highest BCUT2D eigenvalue weighted by Gasteiger charge is 2.29. The van der Waals surface area contributed by atoms with Crippen LogP contribution < -0.4 is 0 Å². The molecule has 27 heavy (non-hydrogen) atoms. The average Bonchev–Trinajstić information content (AvgIpc) is 2.69. The Labute approximate surface area is 181 Å². The predicted molar refractivity (Wildman–Crippen MR) is 130 cm³/mol. The van der Waals surface area contributed by atoms with Gasteiger partial charge in [0, 0.05) is 26.8 Å². The van der Waals surface area contributed by atoms with Crippen LogP contribution in [0.5, 0.6) is 5.75 Å². The minimum absolute atomic E-state index is 0.109. The molecule has 1 nitrogen and oxygen atoms in total. The highest BCUT2D eigenvalue weighted by molar-refractivity contribution is 14.2. The Balaban J connectivity index is 0.00000176. The van der Waals surface area contributed by atoms with E-state index in [9.17, 15) is 5.11 Å². The monoisotopic (exact) mass is 494 g/mol. The standard InChI is InChI=1S/C22H25IOS.C2H6/c1-5-22(6-2,15-18-7-10-21(24)17(4)13-18)20-9-8-19(11-12-25-23)16(3)14-20;1-2/h7-10,13-14,24H,5-6,15H2,1-4H3;1-2H3. The second kappa shape index (κ2) is 11.7. The van der Waals surface area contributed by atoms with Crippen molar-refractivity contribution in [3.05, 3.63) is 64.2 Å². The van der Waals surface area contributed by atoms with E-state index in [0.717, 1.165) is 30.4 Å². The molecule has 0 aliphatic heterocycles. The second-order valence-electron chi connectivity index (χ2n) is 6.62. The summed E-state index contributed by atoms with van der Waals surface area (Å²) >= 11 is 2.20. The Morgan fingerprint density at radius 2 is 1.67 bits per heavy atom. The molecule has 2 rings (SSSR count). The molecular weight excluding hydrogens is 463 g/mol. The number of hydrogen-bond donors (Lipinski definition) is 1. The molecule has 0 spiro atoms. The first kappa shape index (κ1) is 23.9. The van der Waals surface area contributed by atoms with Crippen LogP contribution >= 0.6 is 30.1 Å². The summed E-state index contributed by atoms with van der Waals surface area (Å²) < 4.78 is 0. The van der Waals surface area contributed by atoms with Crippen LogP contribution in [0.3, 0.4) is 0 Å². The van der Waals surface area contributed by atoms with Gasteiger partial charge in [-0.05, 0) is 87.1 Å². The van der Waals surface area contributed by atoms with Crippen LogP contribution in [-0.4, -0.2) is 5.11 Å². The van der Waals surface area contributed by atoms with Crippen molar-refractivity contribution >= 4 is 30.1 Å². The summed E-state index contributed by atoms with van der Waals surface area (Å²) in [6.07, 6.45) is 3.14. The predicted octanol–water partition coefficient (Wildman–Crippen LogP) is 7.73. The van der Waals surface area contributed by atoms with Crippen molar-refractivity contribution < 1.29 is 5.11 Å². The van der Waals surface area contributed by atoms with Crippen LogP contribution in [0.1, 0.15) is 68.4 Å². The molecule has 0 amide bonds. The Morgan fingerprint density at radius 3 is 2.19 bits per heavy atom. The molecule has 2 aromatic rings. The zero-order valence-electron chi connectivity index (χ0n) is 17.3. The average molecular weight is 494 g/mol. The van der Waals surface area contributed by atoms with Crippen molar-refractivity contribution in [1.29, 1.82) is 0 Å². The molecule has 0 saturated carbocycles. The Morgan fingerprint density at radius 1 is 1.00 bits per heavy atom. The molecule has 0 aliphatic rings. The maximum absolute atomic E-state index is 9.80. The van der Waals surface area contributed by atoms with Crippen molar-refractivity contribution in [2.75, 3.05) is 0 Å². The van der Waals surface area contributed by atoms with Gasteiger partial charge in [-0.15, -0.1) is 0 Å². The molecule has 0 fully saturated rings. The normalized spacial score (nSPS) is 10.5. The Bertz CT molecular complexity index is 798. The van der Waals surface area contributed by atoms with Crippen LogP contribution in [0.25, 0.3) is 0 Å². The van der Waals surface area contributed by atoms with Gasteiger partial charge in [-0.25, -0.2) is 0 Å². The van der Waals surface area contributed by atoms with Crippen molar-refractivity contribution in [2.24, 2.45) is 0 Å². The molecule has 0 saturated heterocycles. The molecule has 0 atom stereocenters. The van der Waals surface area contributed by atoms with Gasteiger partial charge < -0.3 is 5.11 Å². The van der Waals surface area contributed by atoms with Crippen LogP contribution in [0.15, 0.2) is 36.4 Å². The highest BCUT2D eigenvalue weighted by Crippen LogP contribution is 2.37. The third-order valence-electron chi connectivity index (χ3n) is 5.22. The van der Waals surface area contributed by atoms with Crippen LogP contribution in [0.2, 0.25) is 0 Å². The number of aryl methyl sites for hydroxylation is 2. The zero-order valence-corrected chi connectivity index (χ0v) is 20.3. The molecule has 3 heteroatoms. The number of rotatable bonds is 5. The van der Waals surface area contributed by atoms with Gasteiger partial charge in [0.05, 0.1) is 0 Å². The van der Waals surface area contributed by atoms with E-state index in [-0.39, 0.29) is 5.41 Å². The lowest BCUT2D eigenvalue weighted by molar-refractivity contribution is 0.392. The third-order valence-corrected chi connectivity index (χ3v) is 6.06. The van der Waals surface area contributed by atoms with Gasteiger partial charge in [0.1, 0.15) is 5.75 Å².